The van der Waals surface area contributed by atoms with E-state index in [4.69, 9.17) is 4.18 Å². The van der Waals surface area contributed by atoms with Crippen molar-refractivity contribution in [3.05, 3.63) is 0 Å². The van der Waals surface area contributed by atoms with Crippen molar-refractivity contribution in [2.75, 3.05) is 12.4 Å². The monoisotopic (exact) mass is 274 g/mol. The summed E-state index contributed by atoms with van der Waals surface area (Å²) < 4.78 is 5.13. The van der Waals surface area contributed by atoms with Gasteiger partial charge in [0.2, 0.25) is 0 Å². The Labute approximate surface area is 100 Å². The van der Waals surface area contributed by atoms with E-state index in [0.717, 1.165) is 6.61 Å². The van der Waals surface area contributed by atoms with Crippen LogP contribution in [0.5, 0.6) is 0 Å². The number of hydrogen-bond acceptors (Lipinski definition) is 5. The minimum absolute atomic E-state index is 0.602. The second-order valence-electron chi connectivity index (χ2n) is 3.74. The Kier molecular flexibility index (Phi) is 9.92. The van der Waals surface area contributed by atoms with Crippen molar-refractivity contribution in [3.8, 4) is 0 Å². The predicted molar refractivity (Wildman–Crippen MR) is 75.5 cm³/mol. The van der Waals surface area contributed by atoms with Crippen molar-refractivity contribution in [1.29, 1.82) is 0 Å². The molecule has 0 N–H and O–H groups in total. The lowest BCUT2D eigenvalue weighted by atomic mass is 10.1. The molecule has 0 unspecified atom stereocenters. The second-order valence-corrected chi connectivity index (χ2v) is 12.1. The zero-order valence-corrected chi connectivity index (χ0v) is 13.9. The lowest BCUT2D eigenvalue weighted by Gasteiger charge is -2.16. The molecule has 0 heterocycles. The molecule has 0 aromatic rings. The molecule has 0 rings (SSSR count). The Morgan fingerprint density at radius 2 is 2.00 bits per heavy atom. The van der Waals surface area contributed by atoms with E-state index in [1.54, 1.807) is 9.83 Å². The Hall–Kier alpha value is 1.58. The van der Waals surface area contributed by atoms with E-state index >= 15 is 0 Å². The molecule has 0 aliphatic carbocycles. The fourth-order valence-electron chi connectivity index (χ4n) is 0.481. The maximum Gasteiger partial charge on any atom is 0.0748 e. The van der Waals surface area contributed by atoms with Crippen molar-refractivity contribution >= 4 is 51.8 Å². The zero-order valence-electron chi connectivity index (χ0n) is 8.66. The van der Waals surface area contributed by atoms with Crippen LogP contribution in [0.3, 0.4) is 0 Å². The van der Waals surface area contributed by atoms with Crippen LogP contribution in [-0.2, 0) is 4.18 Å². The first-order valence-electron chi connectivity index (χ1n) is 4.30. The molecule has 0 amide bonds. The van der Waals surface area contributed by atoms with Crippen LogP contribution < -0.4 is 0 Å². The van der Waals surface area contributed by atoms with E-state index < -0.39 is 0 Å². The summed E-state index contributed by atoms with van der Waals surface area (Å²) in [5.41, 5.74) is 0. The van der Waals surface area contributed by atoms with E-state index in [2.05, 4.69) is 13.8 Å². The van der Waals surface area contributed by atoms with E-state index in [-0.39, 0.29) is 0 Å². The smallest absolute Gasteiger partial charge is 0.0748 e. The highest BCUT2D eigenvalue weighted by molar-refractivity contribution is 9.25. The van der Waals surface area contributed by atoms with Crippen LogP contribution >= 0.6 is 41.5 Å². The van der Waals surface area contributed by atoms with Crippen LogP contribution in [0.25, 0.3) is 0 Å². The molecule has 0 atom stereocenters. The summed E-state index contributed by atoms with van der Waals surface area (Å²) in [4.78, 5) is 0. The Morgan fingerprint density at radius 1 is 1.31 bits per heavy atom. The topological polar surface area (TPSA) is 9.23 Å². The van der Waals surface area contributed by atoms with Crippen LogP contribution in [0.4, 0.5) is 0 Å². The molecule has 0 aromatic carbocycles. The lowest BCUT2D eigenvalue weighted by Crippen LogP contribution is -2.02. The highest BCUT2D eigenvalue weighted by Gasteiger charge is 2.09. The molecule has 80 valence electrons. The summed E-state index contributed by atoms with van der Waals surface area (Å²) in [7, 11) is 6.76. The van der Waals surface area contributed by atoms with Gasteiger partial charge in [-0.25, -0.2) is 0 Å². The molecule has 0 spiro atoms. The van der Waals surface area contributed by atoms with Gasteiger partial charge in [-0.3, -0.25) is 0 Å². The number of rotatable bonds is 8. The largest absolute Gasteiger partial charge is 0.305 e. The van der Waals surface area contributed by atoms with Gasteiger partial charge in [0, 0.05) is 25.8 Å². The molecule has 0 fully saturated rings. The van der Waals surface area contributed by atoms with Crippen molar-refractivity contribution in [3.63, 3.8) is 0 Å². The van der Waals surface area contributed by atoms with Crippen LogP contribution in [0.1, 0.15) is 27.2 Å². The Bertz CT molecular complexity index is 118. The minimum Gasteiger partial charge on any atom is -0.305 e. The van der Waals surface area contributed by atoms with Crippen molar-refractivity contribution < 1.29 is 4.18 Å². The highest BCUT2D eigenvalue weighted by Crippen LogP contribution is 2.44. The minimum atomic E-state index is 0.602. The molecule has 0 saturated carbocycles. The lowest BCUT2D eigenvalue weighted by molar-refractivity contribution is 0.408. The highest BCUT2D eigenvalue weighted by atomic mass is 33.7. The summed E-state index contributed by atoms with van der Waals surface area (Å²) in [6.07, 6.45) is 1.33. The third-order valence-corrected chi connectivity index (χ3v) is 7.39. The van der Waals surface area contributed by atoms with Crippen LogP contribution in [0, 0.1) is 0 Å². The van der Waals surface area contributed by atoms with Crippen LogP contribution in [0.15, 0.2) is 0 Å². The second kappa shape index (κ2) is 8.85. The first-order valence-corrected chi connectivity index (χ1v) is 10.2. The van der Waals surface area contributed by atoms with Gasteiger partial charge in [0.25, 0.3) is 0 Å². The molecule has 0 radical (unpaired) electrons. The average molecular weight is 275 g/mol. The first-order chi connectivity index (χ1) is 6.06. The van der Waals surface area contributed by atoms with Crippen molar-refractivity contribution in [2.45, 2.75) is 32.2 Å². The van der Waals surface area contributed by atoms with Gasteiger partial charge in [0.15, 0.2) is 0 Å². The van der Waals surface area contributed by atoms with E-state index in [1.165, 1.54) is 33.5 Å². The van der Waals surface area contributed by atoms with Gasteiger partial charge in [-0.2, -0.15) is 0 Å². The third kappa shape index (κ3) is 13.6. The molecule has 0 saturated heterocycles. The van der Waals surface area contributed by atoms with Gasteiger partial charge in [-0.1, -0.05) is 24.6 Å². The predicted octanol–water partition coefficient (Wildman–Crippen LogP) is 3.57. The third-order valence-electron chi connectivity index (χ3n) is 1.21. The molecule has 0 bridgehead atoms. The van der Waals surface area contributed by atoms with Crippen LogP contribution in [-0.4, -0.2) is 22.6 Å². The molecule has 0 aliphatic rings. The quantitative estimate of drug-likeness (QED) is 0.289. The van der Waals surface area contributed by atoms with E-state index in [1.807, 2.05) is 27.5 Å². The molecular formula is C7H18OS4Si. The van der Waals surface area contributed by atoms with Gasteiger partial charge < -0.3 is 4.18 Å². The zero-order chi connectivity index (χ0) is 10.2. The first kappa shape index (κ1) is 14.6. The summed E-state index contributed by atoms with van der Waals surface area (Å²) in [5.74, 6) is 1.25. The fraction of sp³-hybridized carbons (Fsp3) is 1.00. The van der Waals surface area contributed by atoms with Gasteiger partial charge >= 0.3 is 0 Å². The van der Waals surface area contributed by atoms with Gasteiger partial charge in [0.1, 0.15) is 0 Å². The molecule has 0 aromatic heterocycles. The summed E-state index contributed by atoms with van der Waals surface area (Å²) in [6.45, 7) is 7.48. The van der Waals surface area contributed by atoms with Gasteiger partial charge in [-0.15, -0.1) is 0 Å². The molecule has 13 heavy (non-hydrogen) atoms. The fourth-order valence-corrected chi connectivity index (χ4v) is 6.30. The standard InChI is InChI=1S/C7H18OS4Si/c1-4-8-10-12-11-9-6-5-7(2,3)13/h4-6H2,1-3,13H3. The van der Waals surface area contributed by atoms with Crippen molar-refractivity contribution in [1.82, 2.24) is 0 Å². The van der Waals surface area contributed by atoms with Gasteiger partial charge in [-0.05, 0) is 28.2 Å². The SMILES string of the molecule is CCOSSSSCCC(C)(C)[SiH3]. The molecular weight excluding hydrogens is 256 g/mol. The summed E-state index contributed by atoms with van der Waals surface area (Å²) in [6, 6.07) is 0. The maximum atomic E-state index is 5.13. The number of hydrogen-bond donors (Lipinski definition) is 0. The summed E-state index contributed by atoms with van der Waals surface area (Å²) in [5, 5.41) is 0.602. The van der Waals surface area contributed by atoms with Gasteiger partial charge in [0.05, 0.1) is 17.7 Å². The Balaban J connectivity index is 3.00. The Morgan fingerprint density at radius 3 is 2.54 bits per heavy atom. The average Bonchev–Trinajstić information content (AvgIpc) is 2.01. The molecule has 0 aliphatic heterocycles. The van der Waals surface area contributed by atoms with Crippen molar-refractivity contribution in [2.24, 2.45) is 0 Å². The van der Waals surface area contributed by atoms with E-state index in [9.17, 15) is 0 Å². The molecule has 6 heteroatoms. The van der Waals surface area contributed by atoms with E-state index in [0.29, 0.717) is 5.04 Å². The van der Waals surface area contributed by atoms with Crippen LogP contribution in [0.2, 0.25) is 5.04 Å². The normalized spacial score (nSPS) is 12.2. The molecule has 1 nitrogen and oxygen atoms in total. The summed E-state index contributed by atoms with van der Waals surface area (Å²) >= 11 is 1.48. The maximum absolute atomic E-state index is 5.13.